The van der Waals surface area contributed by atoms with Crippen molar-refractivity contribution in [2.75, 3.05) is 0 Å². The van der Waals surface area contributed by atoms with Crippen LogP contribution in [0.5, 0.6) is 0 Å². The summed E-state index contributed by atoms with van der Waals surface area (Å²) in [6.07, 6.45) is 0. The van der Waals surface area contributed by atoms with Gasteiger partial charge in [-0.2, -0.15) is 5.10 Å². The quantitative estimate of drug-likeness (QED) is 0.781. The monoisotopic (exact) mass is 316 g/mol. The Morgan fingerprint density at radius 1 is 0.913 bits per heavy atom. The van der Waals surface area contributed by atoms with Crippen molar-refractivity contribution in [3.05, 3.63) is 76.0 Å². The van der Waals surface area contributed by atoms with Crippen molar-refractivity contribution in [3.63, 3.8) is 0 Å². The van der Waals surface area contributed by atoms with Crippen molar-refractivity contribution >= 4 is 0 Å². The van der Waals surface area contributed by atoms with Gasteiger partial charge in [0.15, 0.2) is 0 Å². The minimum atomic E-state index is -1.14. The van der Waals surface area contributed by atoms with Crippen LogP contribution in [0.1, 0.15) is 5.69 Å². The molecule has 1 aromatic heterocycles. The Hall–Kier alpha value is -2.89. The highest BCUT2D eigenvalue weighted by Gasteiger charge is 2.22. The SMILES string of the molecule is Cc1n[nH]c(=O)c(-c2c(F)cc(F)cc2F)c1-c1ccccc1. The highest BCUT2D eigenvalue weighted by Crippen LogP contribution is 2.34. The van der Waals surface area contributed by atoms with Crippen LogP contribution in [-0.4, -0.2) is 10.2 Å². The standard InChI is InChI=1S/C17H11F3N2O/c1-9-14(10-5-3-2-4-6-10)16(17(23)22-21-9)15-12(19)7-11(18)8-13(15)20/h2-8H,1H3,(H,22,23). The first-order chi connectivity index (χ1) is 11.0. The third-order valence-corrected chi connectivity index (χ3v) is 3.48. The molecule has 0 unspecified atom stereocenters. The molecule has 0 saturated heterocycles. The number of nitrogens with zero attached hydrogens (tertiary/aromatic N) is 1. The molecule has 0 radical (unpaired) electrons. The van der Waals surface area contributed by atoms with E-state index in [2.05, 4.69) is 10.2 Å². The number of hydrogen-bond donors (Lipinski definition) is 1. The topological polar surface area (TPSA) is 45.8 Å². The van der Waals surface area contributed by atoms with Gasteiger partial charge >= 0.3 is 0 Å². The number of benzene rings is 2. The normalized spacial score (nSPS) is 10.8. The van der Waals surface area contributed by atoms with E-state index in [0.29, 0.717) is 29.0 Å². The molecule has 3 nitrogen and oxygen atoms in total. The lowest BCUT2D eigenvalue weighted by Gasteiger charge is -2.13. The maximum atomic E-state index is 14.2. The predicted octanol–water partition coefficient (Wildman–Crippen LogP) is 3.83. The molecule has 116 valence electrons. The first kappa shape index (κ1) is 15.0. The number of aromatic nitrogens is 2. The summed E-state index contributed by atoms with van der Waals surface area (Å²) in [5.74, 6) is -3.33. The van der Waals surface area contributed by atoms with Gasteiger partial charge < -0.3 is 0 Å². The van der Waals surface area contributed by atoms with E-state index in [-0.39, 0.29) is 5.56 Å². The fourth-order valence-corrected chi connectivity index (χ4v) is 2.52. The summed E-state index contributed by atoms with van der Waals surface area (Å²) in [5.41, 5.74) is -0.246. The molecular formula is C17H11F3N2O. The zero-order valence-corrected chi connectivity index (χ0v) is 12.0. The van der Waals surface area contributed by atoms with Crippen molar-refractivity contribution in [2.45, 2.75) is 6.92 Å². The van der Waals surface area contributed by atoms with Crippen LogP contribution in [0, 0.1) is 24.4 Å². The summed E-state index contributed by atoms with van der Waals surface area (Å²) in [7, 11) is 0. The molecule has 0 amide bonds. The molecule has 6 heteroatoms. The lowest BCUT2D eigenvalue weighted by Crippen LogP contribution is -2.16. The Morgan fingerprint density at radius 3 is 2.13 bits per heavy atom. The Labute approximate surface area is 129 Å². The first-order valence-electron chi connectivity index (χ1n) is 6.78. The largest absolute Gasteiger partial charge is 0.272 e. The highest BCUT2D eigenvalue weighted by molar-refractivity contribution is 5.84. The average Bonchev–Trinajstić information content (AvgIpc) is 2.50. The highest BCUT2D eigenvalue weighted by atomic mass is 19.1. The summed E-state index contributed by atoms with van der Waals surface area (Å²) in [6, 6.07) is 9.73. The van der Waals surface area contributed by atoms with Crippen LogP contribution in [0.25, 0.3) is 22.3 Å². The minimum absolute atomic E-state index is 0.210. The van der Waals surface area contributed by atoms with Crippen LogP contribution in [-0.2, 0) is 0 Å². The molecule has 23 heavy (non-hydrogen) atoms. The number of halogens is 3. The van der Waals surface area contributed by atoms with E-state index in [1.807, 2.05) is 0 Å². The van der Waals surface area contributed by atoms with Gasteiger partial charge in [-0.1, -0.05) is 30.3 Å². The van der Waals surface area contributed by atoms with E-state index in [1.165, 1.54) is 0 Å². The van der Waals surface area contributed by atoms with Gasteiger partial charge in [0.1, 0.15) is 17.5 Å². The van der Waals surface area contributed by atoms with E-state index in [4.69, 9.17) is 0 Å². The minimum Gasteiger partial charge on any atom is -0.267 e. The van der Waals surface area contributed by atoms with Gasteiger partial charge in [-0.3, -0.25) is 4.79 Å². The van der Waals surface area contributed by atoms with Crippen molar-refractivity contribution in [3.8, 4) is 22.3 Å². The summed E-state index contributed by atoms with van der Waals surface area (Å²) in [5, 5.41) is 6.07. The lowest BCUT2D eigenvalue weighted by atomic mass is 9.94. The van der Waals surface area contributed by atoms with E-state index in [9.17, 15) is 18.0 Å². The molecule has 1 heterocycles. The first-order valence-corrected chi connectivity index (χ1v) is 6.78. The van der Waals surface area contributed by atoms with Gasteiger partial charge in [0.25, 0.3) is 5.56 Å². The molecule has 0 bridgehead atoms. The van der Waals surface area contributed by atoms with E-state index in [1.54, 1.807) is 37.3 Å². The Bertz CT molecular complexity index is 913. The molecule has 1 N–H and O–H groups in total. The molecule has 0 saturated carbocycles. The summed E-state index contributed by atoms with van der Waals surface area (Å²) in [4.78, 5) is 12.2. The number of nitrogens with one attached hydrogen (secondary N) is 1. The third kappa shape index (κ3) is 2.63. The van der Waals surface area contributed by atoms with Crippen LogP contribution in [0.15, 0.2) is 47.3 Å². The molecule has 0 aliphatic carbocycles. The van der Waals surface area contributed by atoms with Crippen molar-refractivity contribution in [1.82, 2.24) is 10.2 Å². The predicted molar refractivity (Wildman–Crippen MR) is 80.3 cm³/mol. The Balaban J connectivity index is 2.42. The van der Waals surface area contributed by atoms with Crippen molar-refractivity contribution in [2.24, 2.45) is 0 Å². The van der Waals surface area contributed by atoms with Gasteiger partial charge in [0, 0.05) is 17.7 Å². The van der Waals surface area contributed by atoms with Crippen molar-refractivity contribution in [1.29, 1.82) is 0 Å². The zero-order valence-electron chi connectivity index (χ0n) is 12.0. The van der Waals surface area contributed by atoms with Crippen LogP contribution in [0.3, 0.4) is 0 Å². The van der Waals surface area contributed by atoms with Gasteiger partial charge in [-0.05, 0) is 12.5 Å². The second-order valence-electron chi connectivity index (χ2n) is 5.00. The molecule has 0 aliphatic heterocycles. The molecular weight excluding hydrogens is 305 g/mol. The van der Waals surface area contributed by atoms with Gasteiger partial charge in [-0.25, -0.2) is 18.3 Å². The molecule has 3 aromatic rings. The van der Waals surface area contributed by atoms with E-state index >= 15 is 0 Å². The zero-order chi connectivity index (χ0) is 16.6. The molecule has 0 aliphatic rings. The van der Waals surface area contributed by atoms with E-state index < -0.39 is 28.6 Å². The van der Waals surface area contributed by atoms with Gasteiger partial charge in [-0.15, -0.1) is 0 Å². The maximum absolute atomic E-state index is 14.2. The van der Waals surface area contributed by atoms with Gasteiger partial charge in [0.2, 0.25) is 0 Å². The second-order valence-corrected chi connectivity index (χ2v) is 5.00. The molecule has 3 rings (SSSR count). The number of rotatable bonds is 2. The smallest absolute Gasteiger partial charge is 0.267 e. The van der Waals surface area contributed by atoms with Crippen molar-refractivity contribution < 1.29 is 13.2 Å². The van der Waals surface area contributed by atoms with E-state index in [0.717, 1.165) is 0 Å². The molecule has 0 atom stereocenters. The fraction of sp³-hybridized carbons (Fsp3) is 0.0588. The summed E-state index contributed by atoms with van der Waals surface area (Å²) >= 11 is 0. The number of hydrogen-bond acceptors (Lipinski definition) is 2. The number of H-pyrrole nitrogens is 1. The molecule has 0 fully saturated rings. The Morgan fingerprint density at radius 2 is 1.52 bits per heavy atom. The van der Waals surface area contributed by atoms with Gasteiger partial charge in [0.05, 0.1) is 16.8 Å². The summed E-state index contributed by atoms with van der Waals surface area (Å²) in [6.45, 7) is 1.61. The van der Waals surface area contributed by atoms with Crippen LogP contribution >= 0.6 is 0 Å². The number of aromatic amines is 1. The average molecular weight is 316 g/mol. The van der Waals surface area contributed by atoms with Crippen LogP contribution < -0.4 is 5.56 Å². The lowest BCUT2D eigenvalue weighted by molar-refractivity contribution is 0.547. The number of aryl methyl sites for hydroxylation is 1. The molecule has 2 aromatic carbocycles. The fourth-order valence-electron chi connectivity index (χ4n) is 2.52. The van der Waals surface area contributed by atoms with Crippen LogP contribution in [0.2, 0.25) is 0 Å². The molecule has 0 spiro atoms. The Kier molecular flexibility index (Phi) is 3.73. The second kappa shape index (κ2) is 5.72. The third-order valence-electron chi connectivity index (χ3n) is 3.48. The summed E-state index contributed by atoms with van der Waals surface area (Å²) < 4.78 is 41.5. The van der Waals surface area contributed by atoms with Crippen LogP contribution in [0.4, 0.5) is 13.2 Å². The maximum Gasteiger partial charge on any atom is 0.272 e.